The van der Waals surface area contributed by atoms with E-state index in [9.17, 15) is 24.9 Å². The van der Waals surface area contributed by atoms with E-state index in [-0.39, 0.29) is 18.9 Å². The molecule has 5 atom stereocenters. The zero-order valence-electron chi connectivity index (χ0n) is 11.6. The first kappa shape index (κ1) is 16.8. The number of carboxylic acid groups (broad SMARTS) is 1. The molecular formula is C12H23N3O5. The standard InChI is InChI=1S/C12H23N3O5/c1-5(2)9(13)11(18)15-10(12(19)20)6-3-7(16)8(17)4-14-6/h5-10,14,16-17H,3-4,13H2,1-2H3,(H,15,18)(H,19,20)/t6-,7+,8+,9+,10+/m1/s1. The summed E-state index contributed by atoms with van der Waals surface area (Å²) in [6, 6.07) is -2.65. The normalized spacial score (nSPS) is 29.8. The molecule has 0 aromatic carbocycles. The van der Waals surface area contributed by atoms with Crippen molar-refractivity contribution in [2.45, 2.75) is 50.6 Å². The summed E-state index contributed by atoms with van der Waals surface area (Å²) >= 11 is 0. The first-order chi connectivity index (χ1) is 9.23. The Hall–Kier alpha value is -1.22. The molecule has 0 bridgehead atoms. The Morgan fingerprint density at radius 1 is 1.30 bits per heavy atom. The lowest BCUT2D eigenvalue weighted by Crippen LogP contribution is -2.62. The number of β-amino-alcohol motifs (C(OH)–C–C–N with tert-alkyl or cyclic N) is 1. The van der Waals surface area contributed by atoms with E-state index in [0.29, 0.717) is 0 Å². The van der Waals surface area contributed by atoms with Crippen LogP contribution in [0.15, 0.2) is 0 Å². The van der Waals surface area contributed by atoms with Crippen LogP contribution in [0.4, 0.5) is 0 Å². The molecule has 0 unspecified atom stereocenters. The lowest BCUT2D eigenvalue weighted by Gasteiger charge is -2.35. The average Bonchev–Trinajstić information content (AvgIpc) is 2.37. The number of piperidine rings is 1. The van der Waals surface area contributed by atoms with Crippen LogP contribution in [0.3, 0.4) is 0 Å². The van der Waals surface area contributed by atoms with E-state index in [2.05, 4.69) is 10.6 Å². The van der Waals surface area contributed by atoms with Gasteiger partial charge in [-0.05, 0) is 12.3 Å². The van der Waals surface area contributed by atoms with Crippen LogP contribution in [-0.2, 0) is 9.59 Å². The van der Waals surface area contributed by atoms with Crippen LogP contribution in [0.2, 0.25) is 0 Å². The fourth-order valence-corrected chi connectivity index (χ4v) is 2.05. The number of hydrogen-bond donors (Lipinski definition) is 6. The topological polar surface area (TPSA) is 145 Å². The fraction of sp³-hybridized carbons (Fsp3) is 0.833. The van der Waals surface area contributed by atoms with Gasteiger partial charge >= 0.3 is 5.97 Å². The smallest absolute Gasteiger partial charge is 0.327 e. The van der Waals surface area contributed by atoms with Crippen molar-refractivity contribution in [2.75, 3.05) is 6.54 Å². The van der Waals surface area contributed by atoms with Gasteiger partial charge in [0.2, 0.25) is 5.91 Å². The number of carbonyl (C=O) groups is 2. The van der Waals surface area contributed by atoms with E-state index >= 15 is 0 Å². The van der Waals surface area contributed by atoms with Gasteiger partial charge in [0, 0.05) is 12.6 Å². The highest BCUT2D eigenvalue weighted by Gasteiger charge is 2.37. The Morgan fingerprint density at radius 2 is 1.90 bits per heavy atom. The minimum Gasteiger partial charge on any atom is -0.480 e. The monoisotopic (exact) mass is 289 g/mol. The Kier molecular flexibility index (Phi) is 5.88. The predicted octanol–water partition coefficient (Wildman–Crippen LogP) is -2.38. The summed E-state index contributed by atoms with van der Waals surface area (Å²) in [5.74, 6) is -1.87. The maximum atomic E-state index is 11.8. The fourth-order valence-electron chi connectivity index (χ4n) is 2.05. The molecule has 0 aromatic heterocycles. The number of rotatable bonds is 5. The third-order valence-electron chi connectivity index (χ3n) is 3.52. The van der Waals surface area contributed by atoms with Crippen LogP contribution >= 0.6 is 0 Å². The van der Waals surface area contributed by atoms with Crippen LogP contribution in [0.5, 0.6) is 0 Å². The van der Waals surface area contributed by atoms with Gasteiger partial charge in [-0.15, -0.1) is 0 Å². The summed E-state index contributed by atoms with van der Waals surface area (Å²) in [4.78, 5) is 23.1. The van der Waals surface area contributed by atoms with Crippen LogP contribution in [-0.4, -0.2) is 64.1 Å². The molecule has 0 aliphatic carbocycles. The summed E-state index contributed by atoms with van der Waals surface area (Å²) < 4.78 is 0. The van der Waals surface area contributed by atoms with E-state index in [1.807, 2.05) is 0 Å². The van der Waals surface area contributed by atoms with E-state index in [1.165, 1.54) is 0 Å². The molecule has 1 amide bonds. The lowest BCUT2D eigenvalue weighted by atomic mass is 9.93. The molecule has 7 N–H and O–H groups in total. The van der Waals surface area contributed by atoms with E-state index < -0.39 is 42.2 Å². The SMILES string of the molecule is CC(C)[C@H](N)C(=O)N[C@H](C(=O)O)[C@H]1C[C@H](O)[C@@H](O)CN1. The Bertz CT molecular complexity index is 363. The summed E-state index contributed by atoms with van der Waals surface area (Å²) in [6.07, 6.45) is -1.91. The zero-order chi connectivity index (χ0) is 15.4. The number of aliphatic carboxylic acids is 1. The lowest BCUT2D eigenvalue weighted by molar-refractivity contribution is -0.144. The molecule has 8 nitrogen and oxygen atoms in total. The number of hydrogen-bond acceptors (Lipinski definition) is 6. The minimum atomic E-state index is -1.21. The maximum Gasteiger partial charge on any atom is 0.327 e. The molecular weight excluding hydrogens is 266 g/mol. The zero-order valence-corrected chi connectivity index (χ0v) is 11.6. The second-order valence-corrected chi connectivity index (χ2v) is 5.48. The van der Waals surface area contributed by atoms with E-state index in [0.717, 1.165) is 0 Å². The Labute approximate surface area is 117 Å². The highest BCUT2D eigenvalue weighted by Crippen LogP contribution is 2.13. The number of nitrogens with one attached hydrogen (secondary N) is 2. The number of aliphatic hydroxyl groups is 2. The molecule has 116 valence electrons. The van der Waals surface area contributed by atoms with Crippen LogP contribution in [0.1, 0.15) is 20.3 Å². The molecule has 20 heavy (non-hydrogen) atoms. The molecule has 0 aromatic rings. The highest BCUT2D eigenvalue weighted by atomic mass is 16.4. The number of carbonyl (C=O) groups excluding carboxylic acids is 1. The molecule has 1 heterocycles. The summed E-state index contributed by atoms with van der Waals surface area (Å²) in [7, 11) is 0. The first-order valence-corrected chi connectivity index (χ1v) is 6.62. The van der Waals surface area contributed by atoms with Crippen LogP contribution < -0.4 is 16.4 Å². The Balaban J connectivity index is 2.70. The van der Waals surface area contributed by atoms with Crippen molar-refractivity contribution in [3.05, 3.63) is 0 Å². The molecule has 1 rings (SSSR count). The van der Waals surface area contributed by atoms with Crippen molar-refractivity contribution in [2.24, 2.45) is 11.7 Å². The third kappa shape index (κ3) is 4.14. The predicted molar refractivity (Wildman–Crippen MR) is 70.8 cm³/mol. The number of carboxylic acids is 1. The van der Waals surface area contributed by atoms with Gasteiger partial charge in [0.25, 0.3) is 0 Å². The molecule has 1 aliphatic heterocycles. The number of aliphatic hydroxyl groups excluding tert-OH is 2. The van der Waals surface area contributed by atoms with Crippen molar-refractivity contribution in [3.63, 3.8) is 0 Å². The largest absolute Gasteiger partial charge is 0.480 e. The van der Waals surface area contributed by atoms with Gasteiger partial charge in [-0.2, -0.15) is 0 Å². The van der Waals surface area contributed by atoms with Gasteiger partial charge in [0.05, 0.1) is 18.2 Å². The third-order valence-corrected chi connectivity index (χ3v) is 3.52. The number of amides is 1. The molecule has 1 fully saturated rings. The highest BCUT2D eigenvalue weighted by molar-refractivity contribution is 5.87. The molecule has 0 radical (unpaired) electrons. The van der Waals surface area contributed by atoms with Crippen molar-refractivity contribution >= 4 is 11.9 Å². The van der Waals surface area contributed by atoms with Crippen LogP contribution in [0, 0.1) is 5.92 Å². The molecule has 1 saturated heterocycles. The summed E-state index contributed by atoms with van der Waals surface area (Å²) in [5.41, 5.74) is 5.67. The van der Waals surface area contributed by atoms with Crippen molar-refractivity contribution in [1.82, 2.24) is 10.6 Å². The van der Waals surface area contributed by atoms with E-state index in [1.54, 1.807) is 13.8 Å². The summed E-state index contributed by atoms with van der Waals surface area (Å²) in [5, 5.41) is 33.4. The summed E-state index contributed by atoms with van der Waals surface area (Å²) in [6.45, 7) is 3.60. The molecule has 0 saturated carbocycles. The molecule has 1 aliphatic rings. The molecule has 8 heteroatoms. The van der Waals surface area contributed by atoms with Crippen molar-refractivity contribution in [3.8, 4) is 0 Å². The van der Waals surface area contributed by atoms with Gasteiger partial charge in [-0.25, -0.2) is 4.79 Å². The second-order valence-electron chi connectivity index (χ2n) is 5.48. The maximum absolute atomic E-state index is 11.8. The van der Waals surface area contributed by atoms with Gasteiger partial charge in [-0.1, -0.05) is 13.8 Å². The van der Waals surface area contributed by atoms with Gasteiger partial charge in [0.1, 0.15) is 6.04 Å². The van der Waals surface area contributed by atoms with Gasteiger partial charge in [-0.3, -0.25) is 4.79 Å². The van der Waals surface area contributed by atoms with Gasteiger partial charge < -0.3 is 31.7 Å². The average molecular weight is 289 g/mol. The van der Waals surface area contributed by atoms with Gasteiger partial charge in [0.15, 0.2) is 0 Å². The van der Waals surface area contributed by atoms with E-state index in [4.69, 9.17) is 5.73 Å². The quantitative estimate of drug-likeness (QED) is 0.331. The first-order valence-electron chi connectivity index (χ1n) is 6.62. The number of nitrogens with two attached hydrogens (primary N) is 1. The van der Waals surface area contributed by atoms with Crippen molar-refractivity contribution in [1.29, 1.82) is 0 Å². The molecule has 0 spiro atoms. The second kappa shape index (κ2) is 6.98. The minimum absolute atomic E-state index is 0.0370. The van der Waals surface area contributed by atoms with Crippen LogP contribution in [0.25, 0.3) is 0 Å². The Morgan fingerprint density at radius 3 is 2.35 bits per heavy atom. The van der Waals surface area contributed by atoms with Crippen molar-refractivity contribution < 1.29 is 24.9 Å².